The SMILES string of the molecule is CC1(C)CN(S(=O)(=O)N2CCC(CCl)CC2)CCS1. The van der Waals surface area contributed by atoms with Crippen LogP contribution in [-0.4, -0.2) is 59.6 Å². The molecule has 0 radical (unpaired) electrons. The highest BCUT2D eigenvalue weighted by Gasteiger charge is 2.38. The number of hydrogen-bond donors (Lipinski definition) is 0. The number of thioether (sulfide) groups is 1. The van der Waals surface area contributed by atoms with Gasteiger partial charge in [-0.3, -0.25) is 0 Å². The summed E-state index contributed by atoms with van der Waals surface area (Å²) in [5, 5.41) is 0. The first-order valence-corrected chi connectivity index (χ1v) is 9.72. The smallest absolute Gasteiger partial charge is 0.195 e. The highest BCUT2D eigenvalue weighted by atomic mass is 35.5. The van der Waals surface area contributed by atoms with Crippen LogP contribution in [0.2, 0.25) is 0 Å². The molecule has 0 aromatic heterocycles. The predicted molar refractivity (Wildman–Crippen MR) is 82.0 cm³/mol. The van der Waals surface area contributed by atoms with E-state index < -0.39 is 10.2 Å². The number of alkyl halides is 1. The summed E-state index contributed by atoms with van der Waals surface area (Å²) in [5.74, 6) is 1.99. The van der Waals surface area contributed by atoms with Crippen molar-refractivity contribution in [3.63, 3.8) is 0 Å². The van der Waals surface area contributed by atoms with E-state index in [0.29, 0.717) is 38.0 Å². The van der Waals surface area contributed by atoms with Gasteiger partial charge in [0.2, 0.25) is 0 Å². The molecule has 0 spiro atoms. The van der Waals surface area contributed by atoms with Gasteiger partial charge in [0.05, 0.1) is 0 Å². The molecule has 0 bridgehead atoms. The highest BCUT2D eigenvalue weighted by Crippen LogP contribution is 2.32. The fourth-order valence-corrected chi connectivity index (χ4v) is 6.05. The van der Waals surface area contributed by atoms with Crippen molar-refractivity contribution in [1.82, 2.24) is 8.61 Å². The fourth-order valence-electron chi connectivity index (χ4n) is 2.63. The number of piperidine rings is 1. The zero-order chi connectivity index (χ0) is 14.1. The zero-order valence-corrected chi connectivity index (χ0v) is 14.0. The van der Waals surface area contributed by atoms with Crippen LogP contribution in [0.5, 0.6) is 0 Å². The number of hydrogen-bond acceptors (Lipinski definition) is 3. The van der Waals surface area contributed by atoms with Crippen molar-refractivity contribution < 1.29 is 8.42 Å². The molecule has 2 saturated heterocycles. The van der Waals surface area contributed by atoms with Crippen LogP contribution in [0.3, 0.4) is 0 Å². The lowest BCUT2D eigenvalue weighted by Gasteiger charge is -2.40. The van der Waals surface area contributed by atoms with Gasteiger partial charge in [-0.25, -0.2) is 0 Å². The van der Waals surface area contributed by atoms with Gasteiger partial charge in [-0.1, -0.05) is 0 Å². The Balaban J connectivity index is 2.02. The van der Waals surface area contributed by atoms with Gasteiger partial charge >= 0.3 is 0 Å². The van der Waals surface area contributed by atoms with Gasteiger partial charge in [0.1, 0.15) is 0 Å². The fraction of sp³-hybridized carbons (Fsp3) is 1.00. The Morgan fingerprint density at radius 3 is 2.37 bits per heavy atom. The second-order valence-electron chi connectivity index (χ2n) is 5.95. The Morgan fingerprint density at radius 2 is 1.84 bits per heavy atom. The van der Waals surface area contributed by atoms with Gasteiger partial charge < -0.3 is 0 Å². The van der Waals surface area contributed by atoms with Gasteiger partial charge in [-0.15, -0.1) is 11.6 Å². The second kappa shape index (κ2) is 6.10. The first-order chi connectivity index (χ1) is 8.85. The van der Waals surface area contributed by atoms with Crippen LogP contribution in [0.15, 0.2) is 0 Å². The summed E-state index contributed by atoms with van der Waals surface area (Å²) in [7, 11) is -3.28. The minimum absolute atomic E-state index is 0.0137. The molecular formula is C12H23ClN2O2S2. The molecule has 7 heteroatoms. The number of nitrogens with zero attached hydrogens (tertiary/aromatic N) is 2. The summed E-state index contributed by atoms with van der Waals surface area (Å²) in [6, 6.07) is 0. The first kappa shape index (κ1) is 15.9. The Morgan fingerprint density at radius 1 is 1.21 bits per heavy atom. The Kier molecular flexibility index (Phi) is 5.10. The van der Waals surface area contributed by atoms with Crippen molar-refractivity contribution in [2.45, 2.75) is 31.4 Å². The molecule has 0 unspecified atom stereocenters. The third-order valence-electron chi connectivity index (χ3n) is 3.83. The summed E-state index contributed by atoms with van der Waals surface area (Å²) >= 11 is 7.70. The van der Waals surface area contributed by atoms with E-state index in [1.165, 1.54) is 0 Å². The van der Waals surface area contributed by atoms with Crippen LogP contribution in [0.1, 0.15) is 26.7 Å². The van der Waals surface area contributed by atoms with Gasteiger partial charge in [0.25, 0.3) is 10.2 Å². The van der Waals surface area contributed by atoms with Crippen molar-refractivity contribution in [3.05, 3.63) is 0 Å². The molecule has 2 heterocycles. The van der Waals surface area contributed by atoms with E-state index in [4.69, 9.17) is 11.6 Å². The van der Waals surface area contributed by atoms with Crippen molar-refractivity contribution >= 4 is 33.6 Å². The molecule has 2 aliphatic rings. The van der Waals surface area contributed by atoms with Crippen LogP contribution in [-0.2, 0) is 10.2 Å². The predicted octanol–water partition coefficient (Wildman–Crippen LogP) is 2.01. The maximum Gasteiger partial charge on any atom is 0.282 e. The molecule has 0 aromatic carbocycles. The molecule has 2 fully saturated rings. The van der Waals surface area contributed by atoms with E-state index in [9.17, 15) is 8.42 Å². The van der Waals surface area contributed by atoms with Crippen molar-refractivity contribution in [1.29, 1.82) is 0 Å². The summed E-state index contributed by atoms with van der Waals surface area (Å²) in [4.78, 5) is 0. The number of halogens is 1. The lowest BCUT2D eigenvalue weighted by molar-refractivity contribution is 0.262. The second-order valence-corrected chi connectivity index (χ2v) is 9.99. The van der Waals surface area contributed by atoms with Crippen LogP contribution in [0.25, 0.3) is 0 Å². The quantitative estimate of drug-likeness (QED) is 0.745. The maximum absolute atomic E-state index is 12.6. The molecule has 2 rings (SSSR count). The molecule has 0 atom stereocenters. The molecular weight excluding hydrogens is 304 g/mol. The molecule has 0 aliphatic carbocycles. The lowest BCUT2D eigenvalue weighted by Crippen LogP contribution is -2.53. The van der Waals surface area contributed by atoms with E-state index in [0.717, 1.165) is 18.6 Å². The Labute approximate surface area is 126 Å². The van der Waals surface area contributed by atoms with Crippen molar-refractivity contribution in [3.8, 4) is 0 Å². The van der Waals surface area contributed by atoms with Gasteiger partial charge in [-0.2, -0.15) is 28.8 Å². The van der Waals surface area contributed by atoms with Crippen LogP contribution in [0, 0.1) is 5.92 Å². The van der Waals surface area contributed by atoms with Crippen molar-refractivity contribution in [2.75, 3.05) is 37.8 Å². The number of rotatable bonds is 3. The lowest BCUT2D eigenvalue weighted by atomic mass is 10.0. The van der Waals surface area contributed by atoms with E-state index in [1.54, 1.807) is 8.61 Å². The van der Waals surface area contributed by atoms with Gasteiger partial charge in [0, 0.05) is 42.6 Å². The van der Waals surface area contributed by atoms with E-state index >= 15 is 0 Å². The third kappa shape index (κ3) is 3.79. The average molecular weight is 327 g/mol. The summed E-state index contributed by atoms with van der Waals surface area (Å²) < 4.78 is 28.6. The molecule has 2 aliphatic heterocycles. The van der Waals surface area contributed by atoms with Gasteiger partial charge in [0.15, 0.2) is 0 Å². The van der Waals surface area contributed by atoms with E-state index in [-0.39, 0.29) is 4.75 Å². The first-order valence-electron chi connectivity index (χ1n) is 6.80. The minimum Gasteiger partial charge on any atom is -0.195 e. The normalized spacial score (nSPS) is 27.5. The zero-order valence-electron chi connectivity index (χ0n) is 11.6. The molecule has 19 heavy (non-hydrogen) atoms. The molecule has 4 nitrogen and oxygen atoms in total. The Hall–Kier alpha value is 0.510. The monoisotopic (exact) mass is 326 g/mol. The molecule has 0 amide bonds. The van der Waals surface area contributed by atoms with Gasteiger partial charge in [-0.05, 0) is 32.6 Å². The average Bonchev–Trinajstić information content (AvgIpc) is 2.37. The van der Waals surface area contributed by atoms with Crippen LogP contribution >= 0.6 is 23.4 Å². The third-order valence-corrected chi connectivity index (χ3v) is 7.55. The highest BCUT2D eigenvalue weighted by molar-refractivity contribution is 8.00. The van der Waals surface area contributed by atoms with Crippen LogP contribution in [0.4, 0.5) is 0 Å². The van der Waals surface area contributed by atoms with Crippen molar-refractivity contribution in [2.24, 2.45) is 5.92 Å². The molecule has 0 aromatic rings. The molecule has 112 valence electrons. The summed E-state index contributed by atoms with van der Waals surface area (Å²) in [6.45, 7) is 6.69. The summed E-state index contributed by atoms with van der Waals surface area (Å²) in [6.07, 6.45) is 1.77. The Bertz CT molecular complexity index is 406. The standard InChI is InChI=1S/C12H23ClN2O2S2/c1-12(2)10-15(7-8-18-12)19(16,17)14-5-3-11(9-13)4-6-14/h11H,3-10H2,1-2H3. The van der Waals surface area contributed by atoms with E-state index in [1.807, 2.05) is 11.8 Å². The topological polar surface area (TPSA) is 40.6 Å². The molecule has 0 saturated carbocycles. The van der Waals surface area contributed by atoms with E-state index in [2.05, 4.69) is 13.8 Å². The largest absolute Gasteiger partial charge is 0.282 e. The minimum atomic E-state index is -3.28. The maximum atomic E-state index is 12.6. The molecule has 0 N–H and O–H groups in total. The summed E-state index contributed by atoms with van der Waals surface area (Å²) in [5.41, 5.74) is 0. The van der Waals surface area contributed by atoms with Crippen LogP contribution < -0.4 is 0 Å².